The molecular formula is C19H21ClN2O. The largest absolute Gasteiger partial charge is 0.322 e. The first kappa shape index (κ1) is 15.9. The van der Waals surface area contributed by atoms with E-state index in [0.717, 1.165) is 47.6 Å². The van der Waals surface area contributed by atoms with Gasteiger partial charge in [0.15, 0.2) is 0 Å². The lowest BCUT2D eigenvalue weighted by Crippen LogP contribution is -2.34. The molecule has 0 aromatic heterocycles. The molecule has 2 aromatic carbocycles. The molecule has 120 valence electrons. The van der Waals surface area contributed by atoms with Crippen LogP contribution in [-0.2, 0) is 6.42 Å². The standard InChI is InChI=1S/C19H21ClN2O/c1-2-14-8-3-6-11-17(14)21-19(23)22-13-7-12-18(22)15-9-4-5-10-16(15)20/h3-6,8-11,18H,2,7,12-13H2,1H3,(H,21,23). The van der Waals surface area contributed by atoms with Gasteiger partial charge in [0.25, 0.3) is 0 Å². The second-order valence-corrected chi connectivity index (χ2v) is 6.22. The Hall–Kier alpha value is -2.00. The summed E-state index contributed by atoms with van der Waals surface area (Å²) in [6.45, 7) is 2.85. The first-order valence-corrected chi connectivity index (χ1v) is 8.48. The molecule has 1 unspecified atom stereocenters. The number of nitrogens with one attached hydrogen (secondary N) is 1. The van der Waals surface area contributed by atoms with Crippen LogP contribution >= 0.6 is 11.6 Å². The number of hydrogen-bond acceptors (Lipinski definition) is 1. The SMILES string of the molecule is CCc1ccccc1NC(=O)N1CCCC1c1ccccc1Cl. The van der Waals surface area contributed by atoms with E-state index in [0.29, 0.717) is 0 Å². The van der Waals surface area contributed by atoms with Crippen molar-refractivity contribution in [3.05, 3.63) is 64.7 Å². The lowest BCUT2D eigenvalue weighted by atomic mass is 10.0. The number of carbonyl (C=O) groups is 1. The van der Waals surface area contributed by atoms with Gasteiger partial charge in [-0.1, -0.05) is 54.9 Å². The average molecular weight is 329 g/mol. The molecule has 1 aliphatic heterocycles. The number of likely N-dealkylation sites (tertiary alicyclic amines) is 1. The molecule has 1 saturated heterocycles. The van der Waals surface area contributed by atoms with Gasteiger partial charge in [-0.25, -0.2) is 4.79 Å². The summed E-state index contributed by atoms with van der Waals surface area (Å²) in [4.78, 5) is 14.6. The van der Waals surface area contributed by atoms with Gasteiger partial charge in [-0.2, -0.15) is 0 Å². The van der Waals surface area contributed by atoms with E-state index in [9.17, 15) is 4.79 Å². The number of nitrogens with zero attached hydrogens (tertiary/aromatic N) is 1. The van der Waals surface area contributed by atoms with Crippen LogP contribution in [0.3, 0.4) is 0 Å². The number of anilines is 1. The van der Waals surface area contributed by atoms with Crippen molar-refractivity contribution in [2.24, 2.45) is 0 Å². The van der Waals surface area contributed by atoms with Gasteiger partial charge in [-0.15, -0.1) is 0 Å². The predicted octanol–water partition coefficient (Wildman–Crippen LogP) is 5.27. The maximum Gasteiger partial charge on any atom is 0.322 e. The van der Waals surface area contributed by atoms with Crippen molar-refractivity contribution in [2.45, 2.75) is 32.2 Å². The minimum atomic E-state index is -0.0479. The number of para-hydroxylation sites is 1. The number of halogens is 1. The normalized spacial score (nSPS) is 17.3. The van der Waals surface area contributed by atoms with E-state index in [1.54, 1.807) is 0 Å². The maximum atomic E-state index is 12.7. The first-order valence-electron chi connectivity index (χ1n) is 8.10. The molecule has 0 radical (unpaired) electrons. The van der Waals surface area contributed by atoms with Crippen molar-refractivity contribution >= 4 is 23.3 Å². The van der Waals surface area contributed by atoms with Crippen LogP contribution in [0.4, 0.5) is 10.5 Å². The summed E-state index contributed by atoms with van der Waals surface area (Å²) in [6.07, 6.45) is 2.84. The third-order valence-corrected chi connectivity index (χ3v) is 4.76. The van der Waals surface area contributed by atoms with Gasteiger partial charge in [0.2, 0.25) is 0 Å². The Morgan fingerprint density at radius 3 is 2.74 bits per heavy atom. The zero-order chi connectivity index (χ0) is 16.2. The van der Waals surface area contributed by atoms with Crippen molar-refractivity contribution in [1.82, 2.24) is 4.90 Å². The molecule has 23 heavy (non-hydrogen) atoms. The minimum absolute atomic E-state index is 0.0479. The van der Waals surface area contributed by atoms with Gasteiger partial charge >= 0.3 is 6.03 Å². The number of rotatable bonds is 3. The summed E-state index contributed by atoms with van der Waals surface area (Å²) in [7, 11) is 0. The number of aryl methyl sites for hydroxylation is 1. The fourth-order valence-electron chi connectivity index (χ4n) is 3.22. The number of benzene rings is 2. The molecule has 2 aromatic rings. The second kappa shape index (κ2) is 7.05. The van der Waals surface area contributed by atoms with Crippen LogP contribution in [-0.4, -0.2) is 17.5 Å². The summed E-state index contributed by atoms with van der Waals surface area (Å²) in [5, 5.41) is 3.79. The van der Waals surface area contributed by atoms with Crippen molar-refractivity contribution < 1.29 is 4.79 Å². The van der Waals surface area contributed by atoms with E-state index in [1.165, 1.54) is 0 Å². The first-order chi connectivity index (χ1) is 11.2. The summed E-state index contributed by atoms with van der Waals surface area (Å²) in [6, 6.07) is 15.7. The molecule has 2 amide bonds. The van der Waals surface area contributed by atoms with E-state index in [2.05, 4.69) is 12.2 Å². The maximum absolute atomic E-state index is 12.7. The summed E-state index contributed by atoms with van der Waals surface area (Å²) in [5.41, 5.74) is 3.07. The number of amides is 2. The zero-order valence-corrected chi connectivity index (χ0v) is 14.0. The molecular weight excluding hydrogens is 308 g/mol. The molecule has 1 heterocycles. The number of hydrogen-bond donors (Lipinski definition) is 1. The Morgan fingerprint density at radius 1 is 1.22 bits per heavy atom. The van der Waals surface area contributed by atoms with E-state index < -0.39 is 0 Å². The highest BCUT2D eigenvalue weighted by Gasteiger charge is 2.31. The molecule has 1 fully saturated rings. The molecule has 1 aliphatic rings. The number of carbonyl (C=O) groups excluding carboxylic acids is 1. The van der Waals surface area contributed by atoms with Crippen molar-refractivity contribution in [3.8, 4) is 0 Å². The van der Waals surface area contributed by atoms with E-state index >= 15 is 0 Å². The Kier molecular flexibility index (Phi) is 4.87. The molecule has 1 atom stereocenters. The minimum Gasteiger partial charge on any atom is -0.317 e. The third kappa shape index (κ3) is 3.35. The predicted molar refractivity (Wildman–Crippen MR) is 95.0 cm³/mol. The topological polar surface area (TPSA) is 32.3 Å². The lowest BCUT2D eigenvalue weighted by Gasteiger charge is -2.26. The van der Waals surface area contributed by atoms with Gasteiger partial charge in [-0.3, -0.25) is 0 Å². The van der Waals surface area contributed by atoms with Gasteiger partial charge in [-0.05, 0) is 42.5 Å². The van der Waals surface area contributed by atoms with Crippen LogP contribution < -0.4 is 5.32 Å². The Bertz CT molecular complexity index is 701. The van der Waals surface area contributed by atoms with E-state index in [4.69, 9.17) is 11.6 Å². The smallest absolute Gasteiger partial charge is 0.317 e. The average Bonchev–Trinajstić information content (AvgIpc) is 3.05. The zero-order valence-electron chi connectivity index (χ0n) is 13.3. The molecule has 0 spiro atoms. The van der Waals surface area contributed by atoms with Crippen LogP contribution in [0, 0.1) is 0 Å². The van der Waals surface area contributed by atoms with E-state index in [1.807, 2.05) is 53.4 Å². The highest BCUT2D eigenvalue weighted by atomic mass is 35.5. The lowest BCUT2D eigenvalue weighted by molar-refractivity contribution is 0.207. The second-order valence-electron chi connectivity index (χ2n) is 5.81. The van der Waals surface area contributed by atoms with Gasteiger partial charge in [0.05, 0.1) is 6.04 Å². The van der Waals surface area contributed by atoms with Crippen LogP contribution in [0.15, 0.2) is 48.5 Å². The molecule has 1 N–H and O–H groups in total. The highest BCUT2D eigenvalue weighted by molar-refractivity contribution is 6.31. The molecule has 3 nitrogen and oxygen atoms in total. The summed E-state index contributed by atoms with van der Waals surface area (Å²) < 4.78 is 0. The van der Waals surface area contributed by atoms with Crippen molar-refractivity contribution in [1.29, 1.82) is 0 Å². The van der Waals surface area contributed by atoms with Gasteiger partial charge in [0, 0.05) is 17.3 Å². The Labute approximate surface area is 142 Å². The third-order valence-electron chi connectivity index (χ3n) is 4.42. The number of urea groups is 1. The Balaban J connectivity index is 1.80. The molecule has 0 bridgehead atoms. The summed E-state index contributed by atoms with van der Waals surface area (Å²) in [5.74, 6) is 0. The van der Waals surface area contributed by atoms with Crippen LogP contribution in [0.2, 0.25) is 5.02 Å². The van der Waals surface area contributed by atoms with Gasteiger partial charge in [0.1, 0.15) is 0 Å². The monoisotopic (exact) mass is 328 g/mol. The van der Waals surface area contributed by atoms with Crippen LogP contribution in [0.1, 0.15) is 36.9 Å². The fourth-order valence-corrected chi connectivity index (χ4v) is 3.48. The molecule has 0 aliphatic carbocycles. The van der Waals surface area contributed by atoms with Crippen LogP contribution in [0.25, 0.3) is 0 Å². The van der Waals surface area contributed by atoms with Gasteiger partial charge < -0.3 is 10.2 Å². The van der Waals surface area contributed by atoms with Crippen molar-refractivity contribution in [2.75, 3.05) is 11.9 Å². The molecule has 4 heteroatoms. The van der Waals surface area contributed by atoms with Crippen LogP contribution in [0.5, 0.6) is 0 Å². The fraction of sp³-hybridized carbons (Fsp3) is 0.316. The highest BCUT2D eigenvalue weighted by Crippen LogP contribution is 2.36. The summed E-state index contributed by atoms with van der Waals surface area (Å²) >= 11 is 6.32. The Morgan fingerprint density at radius 2 is 1.96 bits per heavy atom. The van der Waals surface area contributed by atoms with E-state index in [-0.39, 0.29) is 12.1 Å². The molecule has 0 saturated carbocycles. The quantitative estimate of drug-likeness (QED) is 0.817. The van der Waals surface area contributed by atoms with Crippen molar-refractivity contribution in [3.63, 3.8) is 0 Å². The molecule has 3 rings (SSSR count).